The number of aromatic nitrogens is 2. The molecule has 0 amide bonds. The average molecular weight is 233 g/mol. The lowest BCUT2D eigenvalue weighted by Crippen LogP contribution is -2.12. The predicted molar refractivity (Wildman–Crippen MR) is 69.8 cm³/mol. The van der Waals surface area contributed by atoms with Crippen molar-refractivity contribution in [1.82, 2.24) is 9.97 Å². The van der Waals surface area contributed by atoms with Crippen LogP contribution in [0, 0.1) is 6.92 Å². The quantitative estimate of drug-likeness (QED) is 0.798. The van der Waals surface area contributed by atoms with Crippen LogP contribution in [-0.4, -0.2) is 9.97 Å². The van der Waals surface area contributed by atoms with Crippen LogP contribution >= 0.6 is 0 Å². The van der Waals surface area contributed by atoms with Crippen molar-refractivity contribution in [2.75, 3.05) is 0 Å². The maximum atomic E-state index is 5.89. The molecular formula is C14H23N3. The Balaban J connectivity index is 2.18. The highest BCUT2D eigenvalue weighted by Gasteiger charge is 2.18. The molecule has 0 spiro atoms. The average Bonchev–Trinajstić information content (AvgIpc) is 2.56. The summed E-state index contributed by atoms with van der Waals surface area (Å²) in [7, 11) is 0. The second-order valence-electron chi connectivity index (χ2n) is 5.25. The summed E-state index contributed by atoms with van der Waals surface area (Å²) in [6, 6.07) is 0.0261. The van der Waals surface area contributed by atoms with Gasteiger partial charge in [0, 0.05) is 29.4 Å². The van der Waals surface area contributed by atoms with E-state index in [1.54, 1.807) is 0 Å². The lowest BCUT2D eigenvalue weighted by molar-refractivity contribution is 0.556. The van der Waals surface area contributed by atoms with Gasteiger partial charge in [-0.2, -0.15) is 0 Å². The Kier molecular flexibility index (Phi) is 4.11. The first-order chi connectivity index (χ1) is 8.18. The number of hydrogen-bond donors (Lipinski definition) is 1. The molecular weight excluding hydrogens is 210 g/mol. The molecule has 1 aliphatic rings. The van der Waals surface area contributed by atoms with Gasteiger partial charge in [-0.3, -0.25) is 0 Å². The summed E-state index contributed by atoms with van der Waals surface area (Å²) in [6.07, 6.45) is 9.80. The molecule has 2 N–H and O–H groups in total. The van der Waals surface area contributed by atoms with E-state index >= 15 is 0 Å². The van der Waals surface area contributed by atoms with E-state index in [1.165, 1.54) is 38.5 Å². The third-order valence-corrected chi connectivity index (χ3v) is 3.75. The van der Waals surface area contributed by atoms with E-state index in [2.05, 4.69) is 9.97 Å². The van der Waals surface area contributed by atoms with Crippen molar-refractivity contribution in [3.05, 3.63) is 23.3 Å². The molecule has 0 aromatic carbocycles. The largest absolute Gasteiger partial charge is 0.324 e. The van der Waals surface area contributed by atoms with E-state index in [9.17, 15) is 0 Å². The van der Waals surface area contributed by atoms with E-state index in [0.29, 0.717) is 5.92 Å². The molecule has 1 fully saturated rings. The maximum absolute atomic E-state index is 5.89. The van der Waals surface area contributed by atoms with Gasteiger partial charge >= 0.3 is 0 Å². The normalized spacial score (nSPS) is 19.9. The minimum Gasteiger partial charge on any atom is -0.324 e. The van der Waals surface area contributed by atoms with Gasteiger partial charge in [0.25, 0.3) is 0 Å². The van der Waals surface area contributed by atoms with Crippen LogP contribution in [0.3, 0.4) is 0 Å². The number of rotatable bonds is 2. The summed E-state index contributed by atoms with van der Waals surface area (Å²) >= 11 is 0. The second kappa shape index (κ2) is 5.58. The van der Waals surface area contributed by atoms with E-state index < -0.39 is 0 Å². The molecule has 1 aromatic rings. The first-order valence-corrected chi connectivity index (χ1v) is 6.77. The fourth-order valence-corrected chi connectivity index (χ4v) is 2.68. The Morgan fingerprint density at radius 1 is 1.24 bits per heavy atom. The summed E-state index contributed by atoms with van der Waals surface area (Å²) in [5.74, 6) is 1.60. The number of nitrogens with two attached hydrogens (primary N) is 1. The molecule has 1 saturated carbocycles. The summed E-state index contributed by atoms with van der Waals surface area (Å²) in [6.45, 7) is 4.03. The van der Waals surface area contributed by atoms with Gasteiger partial charge in [-0.15, -0.1) is 0 Å². The summed E-state index contributed by atoms with van der Waals surface area (Å²) in [5, 5.41) is 0. The van der Waals surface area contributed by atoms with Gasteiger partial charge in [-0.05, 0) is 26.7 Å². The van der Waals surface area contributed by atoms with Crippen LogP contribution in [-0.2, 0) is 0 Å². The zero-order valence-corrected chi connectivity index (χ0v) is 10.9. The number of hydrogen-bond acceptors (Lipinski definition) is 3. The highest BCUT2D eigenvalue weighted by molar-refractivity contribution is 5.20. The Morgan fingerprint density at radius 3 is 2.41 bits per heavy atom. The second-order valence-corrected chi connectivity index (χ2v) is 5.25. The SMILES string of the molecule is Cc1nc(C2CCCCCC2)ncc1[C@@H](C)N. The molecule has 2 rings (SSSR count). The van der Waals surface area contributed by atoms with Crippen LogP contribution in [0.5, 0.6) is 0 Å². The fraction of sp³-hybridized carbons (Fsp3) is 0.714. The van der Waals surface area contributed by atoms with Crippen LogP contribution in [0.2, 0.25) is 0 Å². The van der Waals surface area contributed by atoms with Crippen molar-refractivity contribution < 1.29 is 0 Å². The summed E-state index contributed by atoms with van der Waals surface area (Å²) < 4.78 is 0. The van der Waals surface area contributed by atoms with Crippen molar-refractivity contribution >= 4 is 0 Å². The lowest BCUT2D eigenvalue weighted by atomic mass is 9.99. The zero-order chi connectivity index (χ0) is 12.3. The van der Waals surface area contributed by atoms with E-state index in [4.69, 9.17) is 5.73 Å². The van der Waals surface area contributed by atoms with Crippen molar-refractivity contribution in [1.29, 1.82) is 0 Å². The van der Waals surface area contributed by atoms with Gasteiger partial charge in [0.05, 0.1) is 0 Å². The molecule has 1 aromatic heterocycles. The van der Waals surface area contributed by atoms with Crippen molar-refractivity contribution in [2.45, 2.75) is 64.3 Å². The first kappa shape index (κ1) is 12.5. The van der Waals surface area contributed by atoms with Gasteiger partial charge < -0.3 is 5.73 Å². The monoisotopic (exact) mass is 233 g/mol. The van der Waals surface area contributed by atoms with Crippen molar-refractivity contribution in [3.8, 4) is 0 Å². The van der Waals surface area contributed by atoms with Gasteiger partial charge in [0.15, 0.2) is 0 Å². The Labute approximate surface area is 104 Å². The molecule has 17 heavy (non-hydrogen) atoms. The third kappa shape index (κ3) is 3.03. The van der Waals surface area contributed by atoms with Crippen LogP contribution < -0.4 is 5.73 Å². The first-order valence-electron chi connectivity index (χ1n) is 6.77. The van der Waals surface area contributed by atoms with Crippen LogP contribution in [0.1, 0.15) is 74.5 Å². The van der Waals surface area contributed by atoms with Gasteiger partial charge in [-0.1, -0.05) is 25.7 Å². The molecule has 0 aliphatic heterocycles. The molecule has 1 heterocycles. The smallest absolute Gasteiger partial charge is 0.131 e. The van der Waals surface area contributed by atoms with Gasteiger partial charge in [-0.25, -0.2) is 9.97 Å². The van der Waals surface area contributed by atoms with Gasteiger partial charge in [0.2, 0.25) is 0 Å². The molecule has 1 atom stereocenters. The fourth-order valence-electron chi connectivity index (χ4n) is 2.68. The summed E-state index contributed by atoms with van der Waals surface area (Å²) in [5.41, 5.74) is 8.01. The Bertz CT molecular complexity index is 366. The highest BCUT2D eigenvalue weighted by Crippen LogP contribution is 2.30. The molecule has 0 saturated heterocycles. The van der Waals surface area contributed by atoms with E-state index in [-0.39, 0.29) is 6.04 Å². The topological polar surface area (TPSA) is 51.8 Å². The molecule has 3 nitrogen and oxygen atoms in total. The predicted octanol–water partition coefficient (Wildman–Crippen LogP) is 3.24. The van der Waals surface area contributed by atoms with E-state index in [1.807, 2.05) is 20.0 Å². The number of nitrogens with zero attached hydrogens (tertiary/aromatic N) is 2. The molecule has 0 bridgehead atoms. The number of aryl methyl sites for hydroxylation is 1. The third-order valence-electron chi connectivity index (χ3n) is 3.75. The van der Waals surface area contributed by atoms with Crippen molar-refractivity contribution in [2.24, 2.45) is 5.73 Å². The highest BCUT2D eigenvalue weighted by atomic mass is 14.9. The Morgan fingerprint density at radius 2 is 1.88 bits per heavy atom. The molecule has 0 radical (unpaired) electrons. The van der Waals surface area contributed by atoms with Crippen LogP contribution in [0.4, 0.5) is 0 Å². The Hall–Kier alpha value is -0.960. The molecule has 3 heteroatoms. The maximum Gasteiger partial charge on any atom is 0.131 e. The standard InChI is InChI=1S/C14H23N3/c1-10(15)13-9-16-14(17-11(13)2)12-7-5-3-4-6-8-12/h9-10,12H,3-8,15H2,1-2H3/t10-/m1/s1. The van der Waals surface area contributed by atoms with Gasteiger partial charge in [0.1, 0.15) is 5.82 Å². The minimum atomic E-state index is 0.0261. The molecule has 1 aliphatic carbocycles. The molecule has 0 unspecified atom stereocenters. The van der Waals surface area contributed by atoms with Crippen LogP contribution in [0.25, 0.3) is 0 Å². The lowest BCUT2D eigenvalue weighted by Gasteiger charge is -2.15. The zero-order valence-electron chi connectivity index (χ0n) is 10.9. The minimum absolute atomic E-state index is 0.0261. The van der Waals surface area contributed by atoms with E-state index in [0.717, 1.165) is 17.1 Å². The van der Waals surface area contributed by atoms with Crippen molar-refractivity contribution in [3.63, 3.8) is 0 Å². The molecule has 94 valence electrons. The van der Waals surface area contributed by atoms with Crippen LogP contribution in [0.15, 0.2) is 6.20 Å². The summed E-state index contributed by atoms with van der Waals surface area (Å²) in [4.78, 5) is 9.20.